The minimum absolute atomic E-state index is 0.217. The molecule has 2 aromatic heterocycles. The van der Waals surface area contributed by atoms with E-state index < -0.39 is 11.7 Å². The van der Waals surface area contributed by atoms with Crippen molar-refractivity contribution in [2.45, 2.75) is 43.8 Å². The zero-order valence-corrected chi connectivity index (χ0v) is 22.0. The van der Waals surface area contributed by atoms with Gasteiger partial charge in [0.2, 0.25) is 0 Å². The van der Waals surface area contributed by atoms with Gasteiger partial charge in [-0.3, -0.25) is 9.36 Å². The van der Waals surface area contributed by atoms with E-state index in [2.05, 4.69) is 34.3 Å². The average Bonchev–Trinajstić information content (AvgIpc) is 3.50. The lowest BCUT2D eigenvalue weighted by atomic mass is 10.1. The molecule has 0 aliphatic carbocycles. The third kappa shape index (κ3) is 7.20. The lowest BCUT2D eigenvalue weighted by Crippen LogP contribution is -2.25. The Labute approximate surface area is 221 Å². The topological polar surface area (TPSA) is 72.7 Å². The second-order valence-corrected chi connectivity index (χ2v) is 10.7. The fourth-order valence-corrected chi connectivity index (χ4v) is 5.30. The number of amides is 1. The van der Waals surface area contributed by atoms with Gasteiger partial charge in [-0.15, -0.1) is 21.5 Å². The first-order valence-electron chi connectivity index (χ1n) is 11.7. The summed E-state index contributed by atoms with van der Waals surface area (Å²) in [4.78, 5) is 16.8. The fourth-order valence-electron chi connectivity index (χ4n) is 3.54. The van der Waals surface area contributed by atoms with Crippen molar-refractivity contribution in [3.8, 4) is 5.69 Å². The van der Waals surface area contributed by atoms with E-state index in [9.17, 15) is 18.0 Å². The van der Waals surface area contributed by atoms with Crippen molar-refractivity contribution in [3.05, 3.63) is 87.6 Å². The molecule has 6 nitrogen and oxygen atoms in total. The Balaban J connectivity index is 1.56. The Morgan fingerprint density at radius 1 is 1.11 bits per heavy atom. The van der Waals surface area contributed by atoms with Crippen molar-refractivity contribution in [2.24, 2.45) is 5.92 Å². The Morgan fingerprint density at radius 3 is 2.62 bits per heavy atom. The first-order chi connectivity index (χ1) is 17.7. The molecule has 2 aromatic carbocycles. The van der Waals surface area contributed by atoms with Gasteiger partial charge < -0.3 is 5.32 Å². The van der Waals surface area contributed by atoms with Gasteiger partial charge in [0.05, 0.1) is 17.0 Å². The molecule has 1 amide bonds. The smallest absolute Gasteiger partial charge is 0.351 e. The number of thiazole rings is 1. The third-order valence-corrected chi connectivity index (χ3v) is 7.43. The fraction of sp³-hybridized carbons (Fsp3) is 0.308. The molecule has 0 unspecified atom stereocenters. The first kappa shape index (κ1) is 26.9. The first-order valence-corrected chi connectivity index (χ1v) is 13.6. The summed E-state index contributed by atoms with van der Waals surface area (Å²) in [6.07, 6.45) is -3.18. The van der Waals surface area contributed by atoms with E-state index in [4.69, 9.17) is 0 Å². The van der Waals surface area contributed by atoms with Crippen molar-refractivity contribution in [2.75, 3.05) is 6.54 Å². The van der Waals surface area contributed by atoms with Crippen LogP contribution in [0.5, 0.6) is 0 Å². The van der Waals surface area contributed by atoms with Gasteiger partial charge in [-0.25, -0.2) is 4.98 Å². The molecule has 0 atom stereocenters. The van der Waals surface area contributed by atoms with Gasteiger partial charge in [0.25, 0.3) is 5.91 Å². The van der Waals surface area contributed by atoms with Crippen molar-refractivity contribution in [3.63, 3.8) is 0 Å². The predicted molar refractivity (Wildman–Crippen MR) is 139 cm³/mol. The molecule has 4 aromatic rings. The van der Waals surface area contributed by atoms with Crippen LogP contribution in [0.1, 0.15) is 52.7 Å². The lowest BCUT2D eigenvalue weighted by Gasteiger charge is -2.13. The summed E-state index contributed by atoms with van der Waals surface area (Å²) in [6.45, 7) is 4.77. The summed E-state index contributed by atoms with van der Waals surface area (Å²) in [5.74, 6) is 1.19. The summed E-state index contributed by atoms with van der Waals surface area (Å²) in [5.41, 5.74) is 0.909. The maximum absolute atomic E-state index is 13.4. The Morgan fingerprint density at radius 2 is 1.89 bits per heavy atom. The van der Waals surface area contributed by atoms with Crippen LogP contribution in [0.4, 0.5) is 13.2 Å². The highest BCUT2D eigenvalue weighted by Gasteiger charge is 2.31. The van der Waals surface area contributed by atoms with Gasteiger partial charge in [0.1, 0.15) is 16.5 Å². The summed E-state index contributed by atoms with van der Waals surface area (Å²) >= 11 is 2.67. The quantitative estimate of drug-likeness (QED) is 0.234. The molecule has 4 rings (SSSR count). The van der Waals surface area contributed by atoms with Crippen LogP contribution in [0.3, 0.4) is 0 Å². The van der Waals surface area contributed by atoms with Crippen LogP contribution in [0.25, 0.3) is 5.69 Å². The molecule has 11 heteroatoms. The van der Waals surface area contributed by atoms with Gasteiger partial charge in [-0.05, 0) is 36.1 Å². The number of hydrogen-bond acceptors (Lipinski definition) is 6. The monoisotopic (exact) mass is 545 g/mol. The van der Waals surface area contributed by atoms with E-state index in [1.165, 1.54) is 29.2 Å². The summed E-state index contributed by atoms with van der Waals surface area (Å²) in [5, 5.41) is 14.3. The average molecular weight is 546 g/mol. The molecule has 0 aliphatic heterocycles. The second kappa shape index (κ2) is 11.9. The predicted octanol–water partition coefficient (Wildman–Crippen LogP) is 6.40. The molecule has 0 fully saturated rings. The molecule has 0 spiro atoms. The SMILES string of the molecule is CC(C)CCNC(=O)c1csc(CSc2nnc(Cc3ccccc3)n2-c2cccc(C(F)(F)F)c2)n1. The van der Waals surface area contributed by atoms with Crippen molar-refractivity contribution in [1.82, 2.24) is 25.1 Å². The zero-order valence-electron chi connectivity index (χ0n) is 20.3. The van der Waals surface area contributed by atoms with Gasteiger partial charge in [0, 0.05) is 18.3 Å². The highest BCUT2D eigenvalue weighted by atomic mass is 32.2. The molecular weight excluding hydrogens is 519 g/mol. The van der Waals surface area contributed by atoms with Gasteiger partial charge in [0.15, 0.2) is 5.16 Å². The molecule has 1 N–H and O–H groups in total. The standard InChI is InChI=1S/C26H26F3N5OS2/c1-17(2)11-12-30-24(35)21-15-36-23(31-21)16-37-25-33-32-22(13-18-7-4-3-5-8-18)34(25)20-10-6-9-19(14-20)26(27,28)29/h3-10,14-15,17H,11-13,16H2,1-2H3,(H,30,35). The summed E-state index contributed by atoms with van der Waals surface area (Å²) in [7, 11) is 0. The molecule has 0 saturated carbocycles. The summed E-state index contributed by atoms with van der Waals surface area (Å²) < 4.78 is 41.9. The molecule has 0 radical (unpaired) electrons. The van der Waals surface area contributed by atoms with E-state index in [0.29, 0.717) is 52.0 Å². The van der Waals surface area contributed by atoms with Crippen LogP contribution in [-0.2, 0) is 18.3 Å². The largest absolute Gasteiger partial charge is 0.416 e. The number of benzene rings is 2. The van der Waals surface area contributed by atoms with Crippen molar-refractivity contribution >= 4 is 29.0 Å². The number of carbonyl (C=O) groups is 1. The summed E-state index contributed by atoms with van der Waals surface area (Å²) in [6, 6.07) is 14.7. The molecule has 2 heterocycles. The van der Waals surface area contributed by atoms with Crippen LogP contribution in [0, 0.1) is 5.92 Å². The highest BCUT2D eigenvalue weighted by molar-refractivity contribution is 7.98. The van der Waals surface area contributed by atoms with Crippen LogP contribution in [0.15, 0.2) is 65.1 Å². The number of thioether (sulfide) groups is 1. The lowest BCUT2D eigenvalue weighted by molar-refractivity contribution is -0.137. The Hall–Kier alpha value is -3.18. The van der Waals surface area contributed by atoms with E-state index >= 15 is 0 Å². The third-order valence-electron chi connectivity index (χ3n) is 5.45. The normalized spacial score (nSPS) is 11.7. The van der Waals surface area contributed by atoms with Crippen molar-refractivity contribution in [1.29, 1.82) is 0 Å². The zero-order chi connectivity index (χ0) is 26.4. The molecule has 0 bridgehead atoms. The highest BCUT2D eigenvalue weighted by Crippen LogP contribution is 2.32. The number of nitrogens with one attached hydrogen (secondary N) is 1. The maximum Gasteiger partial charge on any atom is 0.416 e. The number of nitrogens with zero attached hydrogens (tertiary/aromatic N) is 4. The minimum Gasteiger partial charge on any atom is -0.351 e. The molecular formula is C26H26F3N5OS2. The molecule has 37 heavy (non-hydrogen) atoms. The van der Waals surface area contributed by atoms with Crippen LogP contribution >= 0.6 is 23.1 Å². The van der Waals surface area contributed by atoms with Gasteiger partial charge >= 0.3 is 6.18 Å². The molecule has 0 aliphatic rings. The molecule has 0 saturated heterocycles. The number of hydrogen-bond donors (Lipinski definition) is 1. The number of aromatic nitrogens is 4. The van der Waals surface area contributed by atoms with E-state index in [1.54, 1.807) is 16.0 Å². The number of alkyl halides is 3. The number of carbonyl (C=O) groups excluding carboxylic acids is 1. The maximum atomic E-state index is 13.4. The van der Waals surface area contributed by atoms with Crippen LogP contribution in [-0.4, -0.2) is 32.2 Å². The van der Waals surface area contributed by atoms with Crippen molar-refractivity contribution < 1.29 is 18.0 Å². The Bertz CT molecular complexity index is 1340. The van der Waals surface area contributed by atoms with Crippen LogP contribution in [0.2, 0.25) is 0 Å². The van der Waals surface area contributed by atoms with E-state index in [-0.39, 0.29) is 5.91 Å². The Kier molecular flexibility index (Phi) is 8.65. The van der Waals surface area contributed by atoms with Gasteiger partial charge in [-0.1, -0.05) is 62.0 Å². The number of rotatable bonds is 10. The number of halogens is 3. The van der Waals surface area contributed by atoms with E-state index in [0.717, 1.165) is 24.1 Å². The minimum atomic E-state index is -4.47. The molecule has 194 valence electrons. The van der Waals surface area contributed by atoms with Gasteiger partial charge in [-0.2, -0.15) is 13.2 Å². The van der Waals surface area contributed by atoms with E-state index in [1.807, 2.05) is 30.3 Å². The second-order valence-electron chi connectivity index (χ2n) is 8.80. The van der Waals surface area contributed by atoms with Crippen LogP contribution < -0.4 is 5.32 Å².